The summed E-state index contributed by atoms with van der Waals surface area (Å²) >= 11 is 0. The van der Waals surface area contributed by atoms with E-state index in [-0.39, 0.29) is 6.42 Å². The molecule has 0 fully saturated rings. The van der Waals surface area contributed by atoms with Crippen LogP contribution in [0.5, 0.6) is 5.75 Å². The summed E-state index contributed by atoms with van der Waals surface area (Å²) in [4.78, 5) is 22.0. The van der Waals surface area contributed by atoms with Gasteiger partial charge in [0, 0.05) is 6.42 Å². The fourth-order valence-electron chi connectivity index (χ4n) is 1.12. The highest BCUT2D eigenvalue weighted by Crippen LogP contribution is 2.11. The van der Waals surface area contributed by atoms with Gasteiger partial charge in [0.15, 0.2) is 0 Å². The van der Waals surface area contributed by atoms with Gasteiger partial charge in [0.25, 0.3) is 0 Å². The van der Waals surface area contributed by atoms with Crippen molar-refractivity contribution in [1.82, 2.24) is 0 Å². The number of methoxy groups -OCH3 is 1. The second-order valence-corrected chi connectivity index (χ2v) is 3.03. The lowest BCUT2D eigenvalue weighted by atomic mass is 10.1. The SMILES string of the molecule is COc1ccc(CC(=O)C(=O)CO)cc1. The number of carbonyl (C=O) groups excluding carboxylic acids is 2. The highest BCUT2D eigenvalue weighted by molar-refractivity contribution is 6.38. The lowest BCUT2D eigenvalue weighted by Crippen LogP contribution is -2.19. The molecule has 0 saturated heterocycles. The van der Waals surface area contributed by atoms with Gasteiger partial charge in [-0.2, -0.15) is 0 Å². The molecule has 0 aliphatic carbocycles. The van der Waals surface area contributed by atoms with Crippen LogP contribution in [-0.4, -0.2) is 30.4 Å². The first-order valence-corrected chi connectivity index (χ1v) is 4.47. The molecule has 1 rings (SSSR count). The molecule has 0 unspecified atom stereocenters. The fraction of sp³-hybridized carbons (Fsp3) is 0.273. The van der Waals surface area contributed by atoms with Gasteiger partial charge in [-0.1, -0.05) is 12.1 Å². The van der Waals surface area contributed by atoms with Crippen LogP contribution >= 0.6 is 0 Å². The van der Waals surface area contributed by atoms with Crippen LogP contribution in [0.15, 0.2) is 24.3 Å². The van der Waals surface area contributed by atoms with Gasteiger partial charge in [0.1, 0.15) is 12.4 Å². The molecule has 1 N–H and O–H groups in total. The minimum atomic E-state index is -0.759. The van der Waals surface area contributed by atoms with Crippen molar-refractivity contribution < 1.29 is 19.4 Å². The molecular weight excluding hydrogens is 196 g/mol. The third kappa shape index (κ3) is 3.18. The molecule has 0 aliphatic rings. The number of carbonyl (C=O) groups is 2. The van der Waals surface area contributed by atoms with Crippen LogP contribution in [0.4, 0.5) is 0 Å². The van der Waals surface area contributed by atoms with E-state index in [0.29, 0.717) is 5.75 Å². The topological polar surface area (TPSA) is 63.6 Å². The number of benzene rings is 1. The Morgan fingerprint density at radius 2 is 1.80 bits per heavy atom. The Bertz CT molecular complexity index is 353. The summed E-state index contributed by atoms with van der Waals surface area (Å²) in [6.45, 7) is -0.727. The van der Waals surface area contributed by atoms with Gasteiger partial charge < -0.3 is 9.84 Å². The number of aliphatic hydroxyl groups excluding tert-OH is 1. The van der Waals surface area contributed by atoms with Crippen LogP contribution in [0.3, 0.4) is 0 Å². The van der Waals surface area contributed by atoms with E-state index >= 15 is 0 Å². The Morgan fingerprint density at radius 3 is 2.27 bits per heavy atom. The predicted molar refractivity (Wildman–Crippen MR) is 53.8 cm³/mol. The van der Waals surface area contributed by atoms with Crippen LogP contribution < -0.4 is 4.74 Å². The van der Waals surface area contributed by atoms with Gasteiger partial charge in [0.05, 0.1) is 7.11 Å². The Hall–Kier alpha value is -1.68. The van der Waals surface area contributed by atoms with Crippen LogP contribution in [0.1, 0.15) is 5.56 Å². The summed E-state index contributed by atoms with van der Waals surface area (Å²) in [6.07, 6.45) is 0.0172. The number of Topliss-reactive ketones (excluding diaryl/α,β-unsaturated/α-hetero) is 2. The molecule has 0 aliphatic heterocycles. The number of ether oxygens (including phenoxy) is 1. The number of aliphatic hydroxyl groups is 1. The molecular formula is C11H12O4. The van der Waals surface area contributed by atoms with Crippen LogP contribution in [0.25, 0.3) is 0 Å². The summed E-state index contributed by atoms with van der Waals surface area (Å²) < 4.78 is 4.95. The van der Waals surface area contributed by atoms with Gasteiger partial charge in [0.2, 0.25) is 11.6 Å². The number of rotatable bonds is 5. The first kappa shape index (κ1) is 11.4. The third-order valence-electron chi connectivity index (χ3n) is 1.98. The van der Waals surface area contributed by atoms with Gasteiger partial charge in [-0.15, -0.1) is 0 Å². The van der Waals surface area contributed by atoms with E-state index < -0.39 is 18.2 Å². The van der Waals surface area contributed by atoms with Crippen molar-refractivity contribution in [2.75, 3.05) is 13.7 Å². The average molecular weight is 208 g/mol. The van der Waals surface area contributed by atoms with Crippen molar-refractivity contribution in [3.63, 3.8) is 0 Å². The van der Waals surface area contributed by atoms with Gasteiger partial charge in [-0.05, 0) is 17.7 Å². The molecule has 15 heavy (non-hydrogen) atoms. The second kappa shape index (κ2) is 5.26. The molecule has 4 nitrogen and oxygen atoms in total. The standard InChI is InChI=1S/C11H12O4/c1-15-9-4-2-8(3-5-9)6-10(13)11(14)7-12/h2-5,12H,6-7H2,1H3. The molecule has 4 heteroatoms. The Labute approximate surface area is 87.5 Å². The molecule has 1 aromatic rings. The maximum Gasteiger partial charge on any atom is 0.223 e. The molecule has 0 bridgehead atoms. The van der Waals surface area contributed by atoms with Crippen molar-refractivity contribution in [2.24, 2.45) is 0 Å². The first-order chi connectivity index (χ1) is 7.17. The molecule has 0 heterocycles. The van der Waals surface area contributed by atoms with Gasteiger partial charge >= 0.3 is 0 Å². The maximum atomic E-state index is 11.2. The van der Waals surface area contributed by atoms with E-state index in [2.05, 4.69) is 0 Å². The predicted octanol–water partition coefficient (Wildman–Crippen LogP) is 0.368. The minimum absolute atomic E-state index is 0.0172. The zero-order valence-corrected chi connectivity index (χ0v) is 8.40. The van der Waals surface area contributed by atoms with Crippen LogP contribution in [0, 0.1) is 0 Å². The zero-order valence-electron chi connectivity index (χ0n) is 8.40. The summed E-state index contributed by atoms with van der Waals surface area (Å²) in [6, 6.07) is 6.85. The minimum Gasteiger partial charge on any atom is -0.497 e. The van der Waals surface area contributed by atoms with E-state index in [1.54, 1.807) is 31.4 Å². The van der Waals surface area contributed by atoms with Gasteiger partial charge in [-0.3, -0.25) is 9.59 Å². The first-order valence-electron chi connectivity index (χ1n) is 4.47. The zero-order chi connectivity index (χ0) is 11.3. The number of ketones is 2. The highest BCUT2D eigenvalue weighted by atomic mass is 16.5. The highest BCUT2D eigenvalue weighted by Gasteiger charge is 2.12. The van der Waals surface area contributed by atoms with Crippen LogP contribution in [-0.2, 0) is 16.0 Å². The normalized spacial score (nSPS) is 9.73. The quantitative estimate of drug-likeness (QED) is 0.710. The molecule has 0 amide bonds. The second-order valence-electron chi connectivity index (χ2n) is 3.03. The smallest absolute Gasteiger partial charge is 0.223 e. The van der Waals surface area contributed by atoms with Crippen LogP contribution in [0.2, 0.25) is 0 Å². The van der Waals surface area contributed by atoms with Crippen molar-refractivity contribution in [1.29, 1.82) is 0 Å². The molecule has 0 spiro atoms. The van der Waals surface area contributed by atoms with Crippen molar-refractivity contribution in [3.05, 3.63) is 29.8 Å². The van der Waals surface area contributed by atoms with Crippen molar-refractivity contribution in [3.8, 4) is 5.75 Å². The monoisotopic (exact) mass is 208 g/mol. The lowest BCUT2D eigenvalue weighted by Gasteiger charge is -2.01. The van der Waals surface area contributed by atoms with E-state index in [4.69, 9.17) is 9.84 Å². The van der Waals surface area contributed by atoms with Gasteiger partial charge in [-0.25, -0.2) is 0 Å². The summed E-state index contributed by atoms with van der Waals surface area (Å²) in [7, 11) is 1.55. The van der Waals surface area contributed by atoms with Crippen molar-refractivity contribution >= 4 is 11.6 Å². The lowest BCUT2D eigenvalue weighted by molar-refractivity contribution is -0.137. The Morgan fingerprint density at radius 1 is 1.20 bits per heavy atom. The molecule has 0 atom stereocenters. The molecule has 0 aromatic heterocycles. The Balaban J connectivity index is 2.65. The van der Waals surface area contributed by atoms with Crippen molar-refractivity contribution in [2.45, 2.75) is 6.42 Å². The van der Waals surface area contributed by atoms with E-state index in [1.807, 2.05) is 0 Å². The summed E-state index contributed by atoms with van der Waals surface area (Å²) in [5, 5.41) is 8.48. The summed E-state index contributed by atoms with van der Waals surface area (Å²) in [5.74, 6) is -0.645. The third-order valence-corrected chi connectivity index (χ3v) is 1.98. The number of hydrogen-bond donors (Lipinski definition) is 1. The molecule has 1 aromatic carbocycles. The van der Waals surface area contributed by atoms with E-state index in [0.717, 1.165) is 5.56 Å². The largest absolute Gasteiger partial charge is 0.497 e. The van der Waals surface area contributed by atoms with E-state index in [9.17, 15) is 9.59 Å². The maximum absolute atomic E-state index is 11.2. The Kier molecular flexibility index (Phi) is 4.00. The molecule has 0 saturated carbocycles. The molecule has 80 valence electrons. The average Bonchev–Trinajstić information content (AvgIpc) is 2.29. The van der Waals surface area contributed by atoms with E-state index in [1.165, 1.54) is 0 Å². The number of hydrogen-bond acceptors (Lipinski definition) is 4. The summed E-state index contributed by atoms with van der Waals surface area (Å²) in [5.41, 5.74) is 0.725. The molecule has 0 radical (unpaired) electrons. The fourth-order valence-corrected chi connectivity index (χ4v) is 1.12.